The summed E-state index contributed by atoms with van der Waals surface area (Å²) in [5.74, 6) is -1.44. The zero-order valence-electron chi connectivity index (χ0n) is 16.7. The number of pyridine rings is 2. The van der Waals surface area contributed by atoms with Gasteiger partial charge in [-0.1, -0.05) is 30.3 Å². The smallest absolute Gasteiger partial charge is 0.190 e. The van der Waals surface area contributed by atoms with Crippen molar-refractivity contribution >= 4 is 10.9 Å². The Kier molecular flexibility index (Phi) is 4.28. The lowest BCUT2D eigenvalue weighted by Crippen LogP contribution is -2.14. The fourth-order valence-electron chi connectivity index (χ4n) is 4.21. The van der Waals surface area contributed by atoms with Gasteiger partial charge in [-0.2, -0.15) is 0 Å². The summed E-state index contributed by atoms with van der Waals surface area (Å²) in [6, 6.07) is 15.6. The number of hydrogen-bond donors (Lipinski definition) is 0. The van der Waals surface area contributed by atoms with Gasteiger partial charge in [0, 0.05) is 23.5 Å². The van der Waals surface area contributed by atoms with Gasteiger partial charge in [-0.3, -0.25) is 9.78 Å². The third-order valence-corrected chi connectivity index (χ3v) is 5.58. The summed E-state index contributed by atoms with van der Waals surface area (Å²) < 4.78 is 32.9. The average molecular weight is 402 g/mol. The Hall–Kier alpha value is -3.34. The van der Waals surface area contributed by atoms with E-state index in [9.17, 15) is 4.79 Å². The van der Waals surface area contributed by atoms with Crippen molar-refractivity contribution in [3.05, 3.63) is 87.8 Å². The molecule has 2 aromatic heterocycles. The van der Waals surface area contributed by atoms with Crippen LogP contribution < -0.4 is 5.43 Å². The van der Waals surface area contributed by atoms with Gasteiger partial charge in [-0.05, 0) is 56.0 Å². The molecule has 1 aliphatic carbocycles. The molecule has 1 aliphatic rings. The number of benzene rings is 2. The van der Waals surface area contributed by atoms with Gasteiger partial charge < -0.3 is 4.57 Å². The molecular formula is C25H20F2N2O. The summed E-state index contributed by atoms with van der Waals surface area (Å²) in [4.78, 5) is 17.2. The van der Waals surface area contributed by atoms with Gasteiger partial charge in [-0.15, -0.1) is 0 Å². The van der Waals surface area contributed by atoms with Gasteiger partial charge in [0.25, 0.3) is 0 Å². The maximum atomic E-state index is 16.0. The molecule has 0 atom stereocenters. The molecule has 0 spiro atoms. The third-order valence-electron chi connectivity index (χ3n) is 5.58. The second-order valence-corrected chi connectivity index (χ2v) is 7.94. The van der Waals surface area contributed by atoms with E-state index in [4.69, 9.17) is 0 Å². The molecule has 30 heavy (non-hydrogen) atoms. The van der Waals surface area contributed by atoms with Gasteiger partial charge >= 0.3 is 0 Å². The van der Waals surface area contributed by atoms with E-state index < -0.39 is 11.6 Å². The maximum absolute atomic E-state index is 16.0. The van der Waals surface area contributed by atoms with Gasteiger partial charge in [0.1, 0.15) is 5.82 Å². The first-order valence-corrected chi connectivity index (χ1v) is 10.0. The standard InChI is InChI=1S/C25H20F2N2O/c1-14-10-17(11-15(2)28-14)23-20(26)12-19-22(30)13-21(16-6-4-3-5-7-16)29(18-8-9-18)25(19)24(23)27/h3-7,10-13,18H,8-9H2,1-2H3. The van der Waals surface area contributed by atoms with E-state index in [1.54, 1.807) is 26.0 Å². The van der Waals surface area contributed by atoms with Crippen molar-refractivity contribution in [2.45, 2.75) is 32.7 Å². The number of rotatable bonds is 3. The predicted octanol–water partition coefficient (Wildman–Crippen LogP) is 5.96. The van der Waals surface area contributed by atoms with Gasteiger partial charge in [0.2, 0.25) is 0 Å². The molecule has 0 aliphatic heterocycles. The van der Waals surface area contributed by atoms with Gasteiger partial charge in [0.05, 0.1) is 22.2 Å². The first-order valence-electron chi connectivity index (χ1n) is 10.0. The van der Waals surface area contributed by atoms with Crippen LogP contribution in [0.1, 0.15) is 30.3 Å². The van der Waals surface area contributed by atoms with E-state index in [1.807, 2.05) is 34.9 Å². The monoisotopic (exact) mass is 402 g/mol. The molecule has 4 aromatic rings. The summed E-state index contributed by atoms with van der Waals surface area (Å²) in [5, 5.41) is 0.0721. The van der Waals surface area contributed by atoms with Crippen LogP contribution in [0.15, 0.2) is 59.4 Å². The van der Waals surface area contributed by atoms with Crippen LogP contribution in [-0.4, -0.2) is 9.55 Å². The first kappa shape index (κ1) is 18.7. The fourth-order valence-corrected chi connectivity index (χ4v) is 4.21. The minimum atomic E-state index is -0.739. The quantitative estimate of drug-likeness (QED) is 0.424. The van der Waals surface area contributed by atoms with Gasteiger partial charge in [-0.25, -0.2) is 8.78 Å². The van der Waals surface area contributed by atoms with Crippen molar-refractivity contribution in [2.24, 2.45) is 0 Å². The van der Waals surface area contributed by atoms with E-state index in [-0.39, 0.29) is 27.9 Å². The van der Waals surface area contributed by atoms with Crippen molar-refractivity contribution in [2.75, 3.05) is 0 Å². The van der Waals surface area contributed by atoms with E-state index in [2.05, 4.69) is 4.98 Å². The second-order valence-electron chi connectivity index (χ2n) is 7.94. The molecule has 0 amide bonds. The van der Waals surface area contributed by atoms with Crippen molar-refractivity contribution in [3.8, 4) is 22.4 Å². The van der Waals surface area contributed by atoms with Crippen LogP contribution in [0, 0.1) is 25.5 Å². The molecule has 1 saturated carbocycles. The highest BCUT2D eigenvalue weighted by Crippen LogP contribution is 2.42. The third kappa shape index (κ3) is 3.02. The molecule has 2 aromatic carbocycles. The molecule has 5 heteroatoms. The fraction of sp³-hybridized carbons (Fsp3) is 0.200. The van der Waals surface area contributed by atoms with E-state index in [1.165, 1.54) is 12.1 Å². The van der Waals surface area contributed by atoms with E-state index in [0.29, 0.717) is 22.6 Å². The Bertz CT molecular complexity index is 1340. The molecule has 150 valence electrons. The highest BCUT2D eigenvalue weighted by molar-refractivity contribution is 5.88. The summed E-state index contributed by atoms with van der Waals surface area (Å²) in [5.41, 5.74) is 2.97. The number of halogens is 2. The lowest BCUT2D eigenvalue weighted by atomic mass is 9.99. The lowest BCUT2D eigenvalue weighted by molar-refractivity contribution is 0.590. The number of hydrogen-bond acceptors (Lipinski definition) is 2. The normalized spacial score (nSPS) is 13.7. The van der Waals surface area contributed by atoms with Crippen LogP contribution in [0.2, 0.25) is 0 Å². The zero-order chi connectivity index (χ0) is 21.0. The zero-order valence-corrected chi connectivity index (χ0v) is 16.7. The molecule has 0 N–H and O–H groups in total. The first-order chi connectivity index (χ1) is 14.4. The van der Waals surface area contributed by atoms with Gasteiger partial charge in [0.15, 0.2) is 11.2 Å². The van der Waals surface area contributed by atoms with Crippen LogP contribution in [0.5, 0.6) is 0 Å². The highest BCUT2D eigenvalue weighted by Gasteiger charge is 2.30. The summed E-state index contributed by atoms with van der Waals surface area (Å²) >= 11 is 0. The number of aromatic nitrogens is 2. The molecule has 0 radical (unpaired) electrons. The molecule has 5 rings (SSSR count). The molecule has 0 bridgehead atoms. The molecule has 0 unspecified atom stereocenters. The van der Waals surface area contributed by atoms with Crippen LogP contribution in [-0.2, 0) is 0 Å². The maximum Gasteiger partial charge on any atom is 0.190 e. The Morgan fingerprint density at radius 1 is 0.933 bits per heavy atom. The van der Waals surface area contributed by atoms with Crippen molar-refractivity contribution in [1.82, 2.24) is 9.55 Å². The van der Waals surface area contributed by atoms with Crippen molar-refractivity contribution < 1.29 is 8.78 Å². The van der Waals surface area contributed by atoms with Crippen LogP contribution >= 0.6 is 0 Å². The Morgan fingerprint density at radius 3 is 2.23 bits per heavy atom. The second kappa shape index (κ2) is 6.87. The summed E-state index contributed by atoms with van der Waals surface area (Å²) in [6.45, 7) is 3.59. The number of nitrogens with zero attached hydrogens (tertiary/aromatic N) is 2. The summed E-state index contributed by atoms with van der Waals surface area (Å²) in [7, 11) is 0. The largest absolute Gasteiger partial charge is 0.335 e. The topological polar surface area (TPSA) is 34.9 Å². The number of fused-ring (bicyclic) bond motifs is 1. The predicted molar refractivity (Wildman–Crippen MR) is 115 cm³/mol. The highest BCUT2D eigenvalue weighted by atomic mass is 19.1. The van der Waals surface area contributed by atoms with Crippen LogP contribution in [0.4, 0.5) is 8.78 Å². The molecular weight excluding hydrogens is 382 g/mol. The summed E-state index contributed by atoms with van der Waals surface area (Å²) in [6.07, 6.45) is 1.80. The Balaban J connectivity index is 1.90. The Labute approximate surface area is 172 Å². The van der Waals surface area contributed by atoms with Crippen molar-refractivity contribution in [1.29, 1.82) is 0 Å². The minimum absolute atomic E-state index is 0.0721. The van der Waals surface area contributed by atoms with E-state index in [0.717, 1.165) is 18.4 Å². The van der Waals surface area contributed by atoms with Crippen LogP contribution in [0.25, 0.3) is 33.3 Å². The minimum Gasteiger partial charge on any atom is -0.335 e. The molecule has 2 heterocycles. The molecule has 0 saturated heterocycles. The molecule has 1 fully saturated rings. The number of aryl methyl sites for hydroxylation is 2. The van der Waals surface area contributed by atoms with Crippen LogP contribution in [0.3, 0.4) is 0 Å². The van der Waals surface area contributed by atoms with Crippen molar-refractivity contribution in [3.63, 3.8) is 0 Å². The van der Waals surface area contributed by atoms with E-state index >= 15 is 8.78 Å². The SMILES string of the molecule is Cc1cc(-c2c(F)cc3c(=O)cc(-c4ccccc4)n(C4CC4)c3c2F)cc(C)n1. The lowest BCUT2D eigenvalue weighted by Gasteiger charge is -2.19. The molecule has 3 nitrogen and oxygen atoms in total. The Morgan fingerprint density at radius 2 is 1.60 bits per heavy atom. The average Bonchev–Trinajstić information content (AvgIpc) is 3.53.